The highest BCUT2D eigenvalue weighted by Crippen LogP contribution is 2.11. The molecular weight excluding hydrogens is 250 g/mol. The first-order chi connectivity index (χ1) is 9.81. The maximum atomic E-state index is 8.87. The number of hydrogen-bond acceptors (Lipinski definition) is 5. The molecule has 102 valence electrons. The summed E-state index contributed by atoms with van der Waals surface area (Å²) in [4.78, 5) is 8.33. The number of benzene rings is 1. The molecule has 1 heterocycles. The van der Waals surface area contributed by atoms with Crippen molar-refractivity contribution < 1.29 is 0 Å². The molecule has 0 saturated carbocycles. The van der Waals surface area contributed by atoms with Crippen molar-refractivity contribution in [2.24, 2.45) is 0 Å². The standard InChI is InChI=1S/C15H17N5/c1-2-6-17-14-8-15(20-11-19-14)18-10-13-5-3-4-12(7-13)9-16/h3-5,7-8,11H,2,6,10H2,1H3,(H2,17,18,19,20). The molecule has 0 spiro atoms. The van der Waals surface area contributed by atoms with E-state index in [2.05, 4.69) is 33.6 Å². The van der Waals surface area contributed by atoms with Gasteiger partial charge < -0.3 is 10.6 Å². The summed E-state index contributed by atoms with van der Waals surface area (Å²) >= 11 is 0. The number of nitrogens with zero attached hydrogens (tertiary/aromatic N) is 3. The van der Waals surface area contributed by atoms with Crippen LogP contribution in [0.5, 0.6) is 0 Å². The van der Waals surface area contributed by atoms with Gasteiger partial charge in [0.1, 0.15) is 18.0 Å². The minimum Gasteiger partial charge on any atom is -0.370 e. The zero-order valence-corrected chi connectivity index (χ0v) is 11.4. The highest BCUT2D eigenvalue weighted by molar-refractivity contribution is 5.47. The van der Waals surface area contributed by atoms with Gasteiger partial charge in [-0.3, -0.25) is 0 Å². The van der Waals surface area contributed by atoms with E-state index in [1.807, 2.05) is 24.3 Å². The molecule has 0 atom stereocenters. The Balaban J connectivity index is 1.98. The summed E-state index contributed by atoms with van der Waals surface area (Å²) in [7, 11) is 0. The molecule has 20 heavy (non-hydrogen) atoms. The zero-order chi connectivity index (χ0) is 14.2. The van der Waals surface area contributed by atoms with Gasteiger partial charge in [0.05, 0.1) is 11.6 Å². The van der Waals surface area contributed by atoms with E-state index in [9.17, 15) is 0 Å². The second-order valence-corrected chi connectivity index (χ2v) is 4.38. The number of anilines is 2. The predicted molar refractivity (Wildman–Crippen MR) is 79.3 cm³/mol. The average molecular weight is 267 g/mol. The second-order valence-electron chi connectivity index (χ2n) is 4.38. The van der Waals surface area contributed by atoms with E-state index in [-0.39, 0.29) is 0 Å². The minimum atomic E-state index is 0.625. The average Bonchev–Trinajstić information content (AvgIpc) is 2.51. The molecule has 2 rings (SSSR count). The first-order valence-corrected chi connectivity index (χ1v) is 6.60. The van der Waals surface area contributed by atoms with Gasteiger partial charge in [-0.1, -0.05) is 19.1 Å². The molecule has 0 saturated heterocycles. The van der Waals surface area contributed by atoms with Crippen molar-refractivity contribution in [3.05, 3.63) is 47.8 Å². The van der Waals surface area contributed by atoms with E-state index in [1.54, 1.807) is 6.07 Å². The van der Waals surface area contributed by atoms with Crippen LogP contribution in [-0.2, 0) is 6.54 Å². The lowest BCUT2D eigenvalue weighted by molar-refractivity contribution is 0.963. The number of aromatic nitrogens is 2. The molecule has 0 bridgehead atoms. The Kier molecular flexibility index (Phi) is 4.90. The fraction of sp³-hybridized carbons (Fsp3) is 0.267. The van der Waals surface area contributed by atoms with Crippen LogP contribution >= 0.6 is 0 Å². The molecule has 0 unspecified atom stereocenters. The fourth-order valence-corrected chi connectivity index (χ4v) is 1.75. The second kappa shape index (κ2) is 7.10. The third kappa shape index (κ3) is 3.95. The quantitative estimate of drug-likeness (QED) is 0.842. The lowest BCUT2D eigenvalue weighted by atomic mass is 10.1. The monoisotopic (exact) mass is 267 g/mol. The van der Waals surface area contributed by atoms with Gasteiger partial charge >= 0.3 is 0 Å². The maximum absolute atomic E-state index is 8.87. The Bertz CT molecular complexity index is 603. The van der Waals surface area contributed by atoms with Crippen molar-refractivity contribution in [3.8, 4) is 6.07 Å². The third-order valence-electron chi connectivity index (χ3n) is 2.75. The molecule has 5 nitrogen and oxygen atoms in total. The van der Waals surface area contributed by atoms with Gasteiger partial charge in [-0.15, -0.1) is 0 Å². The molecular formula is C15H17N5. The smallest absolute Gasteiger partial charge is 0.131 e. The van der Waals surface area contributed by atoms with Crippen LogP contribution in [0.3, 0.4) is 0 Å². The van der Waals surface area contributed by atoms with Crippen LogP contribution in [0.2, 0.25) is 0 Å². The fourth-order valence-electron chi connectivity index (χ4n) is 1.75. The summed E-state index contributed by atoms with van der Waals surface area (Å²) < 4.78 is 0. The summed E-state index contributed by atoms with van der Waals surface area (Å²) in [6, 6.07) is 11.5. The van der Waals surface area contributed by atoms with Crippen LogP contribution in [0.15, 0.2) is 36.7 Å². The molecule has 0 aliphatic carbocycles. The van der Waals surface area contributed by atoms with Crippen molar-refractivity contribution >= 4 is 11.6 Å². The summed E-state index contributed by atoms with van der Waals surface area (Å²) in [6.07, 6.45) is 2.58. The van der Waals surface area contributed by atoms with Crippen molar-refractivity contribution in [1.82, 2.24) is 9.97 Å². The molecule has 0 aliphatic heterocycles. The molecule has 0 fully saturated rings. The maximum Gasteiger partial charge on any atom is 0.131 e. The van der Waals surface area contributed by atoms with Gasteiger partial charge in [-0.05, 0) is 24.1 Å². The van der Waals surface area contributed by atoms with Crippen LogP contribution in [-0.4, -0.2) is 16.5 Å². The molecule has 2 aromatic rings. The lowest BCUT2D eigenvalue weighted by Gasteiger charge is -2.08. The van der Waals surface area contributed by atoms with Crippen LogP contribution in [0.25, 0.3) is 0 Å². The van der Waals surface area contributed by atoms with Crippen molar-refractivity contribution in [2.45, 2.75) is 19.9 Å². The van der Waals surface area contributed by atoms with Gasteiger partial charge in [-0.25, -0.2) is 9.97 Å². The molecule has 5 heteroatoms. The van der Waals surface area contributed by atoms with Crippen LogP contribution in [0.1, 0.15) is 24.5 Å². The Hall–Kier alpha value is -2.61. The molecule has 0 amide bonds. The molecule has 0 radical (unpaired) electrons. The van der Waals surface area contributed by atoms with E-state index in [4.69, 9.17) is 5.26 Å². The Morgan fingerprint density at radius 2 is 1.95 bits per heavy atom. The molecule has 2 N–H and O–H groups in total. The van der Waals surface area contributed by atoms with Gasteiger partial charge in [0.2, 0.25) is 0 Å². The molecule has 1 aromatic carbocycles. The van der Waals surface area contributed by atoms with E-state index >= 15 is 0 Å². The van der Waals surface area contributed by atoms with Gasteiger partial charge in [0.15, 0.2) is 0 Å². The lowest BCUT2D eigenvalue weighted by Crippen LogP contribution is -2.05. The number of hydrogen-bond donors (Lipinski definition) is 2. The largest absolute Gasteiger partial charge is 0.370 e. The van der Waals surface area contributed by atoms with Gasteiger partial charge in [0.25, 0.3) is 0 Å². The first-order valence-electron chi connectivity index (χ1n) is 6.60. The summed E-state index contributed by atoms with van der Waals surface area (Å²) in [6.45, 7) is 3.62. The number of nitrogens with one attached hydrogen (secondary N) is 2. The van der Waals surface area contributed by atoms with E-state index in [0.29, 0.717) is 12.1 Å². The summed E-state index contributed by atoms with van der Waals surface area (Å²) in [5.41, 5.74) is 1.71. The van der Waals surface area contributed by atoms with E-state index in [1.165, 1.54) is 6.33 Å². The Morgan fingerprint density at radius 3 is 2.70 bits per heavy atom. The van der Waals surface area contributed by atoms with Crippen molar-refractivity contribution in [1.29, 1.82) is 5.26 Å². The predicted octanol–water partition coefficient (Wildman–Crippen LogP) is 2.78. The van der Waals surface area contributed by atoms with Crippen molar-refractivity contribution in [2.75, 3.05) is 17.2 Å². The van der Waals surface area contributed by atoms with Crippen LogP contribution in [0, 0.1) is 11.3 Å². The summed E-state index contributed by atoms with van der Waals surface area (Å²) in [5, 5.41) is 15.3. The third-order valence-corrected chi connectivity index (χ3v) is 2.75. The van der Waals surface area contributed by atoms with E-state index in [0.717, 1.165) is 30.2 Å². The van der Waals surface area contributed by atoms with Crippen LogP contribution in [0.4, 0.5) is 11.6 Å². The first kappa shape index (κ1) is 13.8. The molecule has 0 aliphatic rings. The number of rotatable bonds is 6. The van der Waals surface area contributed by atoms with E-state index < -0.39 is 0 Å². The SMILES string of the molecule is CCCNc1cc(NCc2cccc(C#N)c2)ncn1. The van der Waals surface area contributed by atoms with Gasteiger partial charge in [0, 0.05) is 19.2 Å². The van der Waals surface area contributed by atoms with Gasteiger partial charge in [-0.2, -0.15) is 5.26 Å². The topological polar surface area (TPSA) is 73.6 Å². The Morgan fingerprint density at radius 1 is 1.15 bits per heavy atom. The highest BCUT2D eigenvalue weighted by atomic mass is 15.1. The normalized spacial score (nSPS) is 9.80. The zero-order valence-electron chi connectivity index (χ0n) is 11.4. The Labute approximate surface area is 118 Å². The molecule has 1 aromatic heterocycles. The number of nitriles is 1. The summed E-state index contributed by atoms with van der Waals surface area (Å²) in [5.74, 6) is 1.58. The van der Waals surface area contributed by atoms with Crippen LogP contribution < -0.4 is 10.6 Å². The van der Waals surface area contributed by atoms with Crippen molar-refractivity contribution in [3.63, 3.8) is 0 Å². The highest BCUT2D eigenvalue weighted by Gasteiger charge is 1.99. The minimum absolute atomic E-state index is 0.625.